The van der Waals surface area contributed by atoms with Crippen molar-refractivity contribution >= 4 is 11.9 Å². The molecule has 0 aromatic carbocycles. The van der Waals surface area contributed by atoms with Gasteiger partial charge in [-0.25, -0.2) is 9.78 Å². The van der Waals surface area contributed by atoms with Crippen LogP contribution in [0.25, 0.3) is 0 Å². The topological polar surface area (TPSA) is 45.7 Å². The molecular formula is C18H29N3O2. The van der Waals surface area contributed by atoms with E-state index in [0.717, 1.165) is 13.0 Å². The molecule has 128 valence electrons. The third-order valence-corrected chi connectivity index (χ3v) is 4.03. The Kier molecular flexibility index (Phi) is 5.30. The second-order valence-electron chi connectivity index (χ2n) is 7.53. The molecule has 0 N–H and O–H groups in total. The van der Waals surface area contributed by atoms with Crippen LogP contribution in [0.3, 0.4) is 0 Å². The normalized spacial score (nSPS) is 19.2. The van der Waals surface area contributed by atoms with E-state index < -0.39 is 5.60 Å². The van der Waals surface area contributed by atoms with E-state index in [0.29, 0.717) is 11.9 Å². The Bertz CT molecular complexity index is 534. The predicted octanol–water partition coefficient (Wildman–Crippen LogP) is 4.00. The Morgan fingerprint density at radius 3 is 2.52 bits per heavy atom. The zero-order valence-electron chi connectivity index (χ0n) is 15.2. The quantitative estimate of drug-likeness (QED) is 0.845. The molecule has 0 saturated carbocycles. The van der Waals surface area contributed by atoms with Crippen molar-refractivity contribution in [3.63, 3.8) is 0 Å². The Hall–Kier alpha value is -1.62. The summed E-state index contributed by atoms with van der Waals surface area (Å²) in [7, 11) is 2.15. The molecular weight excluding hydrogens is 290 g/mol. The van der Waals surface area contributed by atoms with E-state index in [9.17, 15) is 4.79 Å². The average Bonchev–Trinajstić information content (AvgIpc) is 2.83. The fraction of sp³-hybridized carbons (Fsp3) is 0.667. The largest absolute Gasteiger partial charge is 0.443 e. The van der Waals surface area contributed by atoms with Gasteiger partial charge >= 0.3 is 6.09 Å². The van der Waals surface area contributed by atoms with Gasteiger partial charge < -0.3 is 4.74 Å². The van der Waals surface area contributed by atoms with Gasteiger partial charge in [-0.1, -0.05) is 6.07 Å². The summed E-state index contributed by atoms with van der Waals surface area (Å²) in [6.45, 7) is 10.7. The van der Waals surface area contributed by atoms with E-state index >= 15 is 0 Å². The molecule has 1 saturated heterocycles. The summed E-state index contributed by atoms with van der Waals surface area (Å²) in [5.41, 5.74) is 0.693. The molecule has 1 aliphatic rings. The SMILES string of the molecule is CC(C)N(C(=O)OC(C)(C)C)c1ccc([C@H]2CCCN2C)cn1. The van der Waals surface area contributed by atoms with Gasteiger partial charge in [-0.15, -0.1) is 0 Å². The van der Waals surface area contributed by atoms with Crippen LogP contribution < -0.4 is 4.90 Å². The predicted molar refractivity (Wildman–Crippen MR) is 92.7 cm³/mol. The number of pyridine rings is 1. The van der Waals surface area contributed by atoms with Crippen LogP contribution in [-0.2, 0) is 4.74 Å². The maximum Gasteiger partial charge on any atom is 0.416 e. The zero-order chi connectivity index (χ0) is 17.2. The third kappa shape index (κ3) is 4.44. The molecule has 0 bridgehead atoms. The molecule has 0 radical (unpaired) electrons. The summed E-state index contributed by atoms with van der Waals surface area (Å²) >= 11 is 0. The molecule has 0 unspecified atom stereocenters. The molecule has 5 nitrogen and oxygen atoms in total. The maximum atomic E-state index is 12.4. The lowest BCUT2D eigenvalue weighted by atomic mass is 10.1. The van der Waals surface area contributed by atoms with Crippen LogP contribution in [0.1, 0.15) is 59.1 Å². The molecule has 0 aliphatic carbocycles. The smallest absolute Gasteiger partial charge is 0.416 e. The number of nitrogens with zero attached hydrogens (tertiary/aromatic N) is 3. The highest BCUT2D eigenvalue weighted by Gasteiger charge is 2.27. The summed E-state index contributed by atoms with van der Waals surface area (Å²) in [6, 6.07) is 4.42. The van der Waals surface area contributed by atoms with E-state index in [1.807, 2.05) is 46.9 Å². The lowest BCUT2D eigenvalue weighted by Gasteiger charge is -2.29. The van der Waals surface area contributed by atoms with Gasteiger partial charge in [0.15, 0.2) is 0 Å². The molecule has 5 heteroatoms. The van der Waals surface area contributed by atoms with E-state index in [-0.39, 0.29) is 12.1 Å². The highest BCUT2D eigenvalue weighted by Crippen LogP contribution is 2.30. The van der Waals surface area contributed by atoms with E-state index in [1.54, 1.807) is 4.90 Å². The van der Waals surface area contributed by atoms with Crippen LogP contribution in [0, 0.1) is 0 Å². The van der Waals surface area contributed by atoms with Gasteiger partial charge in [-0.3, -0.25) is 9.80 Å². The minimum atomic E-state index is -0.517. The number of hydrogen-bond acceptors (Lipinski definition) is 4. The minimum Gasteiger partial charge on any atom is -0.443 e. The number of amides is 1. The van der Waals surface area contributed by atoms with Crippen molar-refractivity contribution in [3.05, 3.63) is 23.9 Å². The van der Waals surface area contributed by atoms with E-state index in [4.69, 9.17) is 4.74 Å². The van der Waals surface area contributed by atoms with Gasteiger partial charge in [0.2, 0.25) is 0 Å². The second kappa shape index (κ2) is 6.87. The summed E-state index contributed by atoms with van der Waals surface area (Å²) in [5.74, 6) is 0.638. The van der Waals surface area contributed by atoms with Crippen molar-refractivity contribution in [2.24, 2.45) is 0 Å². The van der Waals surface area contributed by atoms with Crippen LogP contribution in [0.2, 0.25) is 0 Å². The highest BCUT2D eigenvalue weighted by atomic mass is 16.6. The number of carbonyl (C=O) groups is 1. The number of carbonyl (C=O) groups excluding carboxylic acids is 1. The molecule has 1 aromatic heterocycles. The van der Waals surface area contributed by atoms with Gasteiger partial charge in [0.05, 0.1) is 0 Å². The van der Waals surface area contributed by atoms with E-state index in [1.165, 1.54) is 12.0 Å². The van der Waals surface area contributed by atoms with Crippen LogP contribution in [-0.4, -0.2) is 41.2 Å². The van der Waals surface area contributed by atoms with Crippen molar-refractivity contribution in [2.45, 2.75) is 65.1 Å². The highest BCUT2D eigenvalue weighted by molar-refractivity contribution is 5.87. The molecule has 1 aliphatic heterocycles. The Labute approximate surface area is 139 Å². The first-order valence-electron chi connectivity index (χ1n) is 8.37. The maximum absolute atomic E-state index is 12.4. The number of hydrogen-bond donors (Lipinski definition) is 0. The van der Waals surface area contributed by atoms with Crippen LogP contribution in [0.5, 0.6) is 0 Å². The number of likely N-dealkylation sites (tertiary alicyclic amines) is 1. The fourth-order valence-corrected chi connectivity index (χ4v) is 2.95. The molecule has 23 heavy (non-hydrogen) atoms. The first kappa shape index (κ1) is 17.7. The van der Waals surface area contributed by atoms with Gasteiger partial charge in [-0.2, -0.15) is 0 Å². The lowest BCUT2D eigenvalue weighted by Crippen LogP contribution is -2.41. The summed E-state index contributed by atoms with van der Waals surface area (Å²) < 4.78 is 5.50. The molecule has 2 heterocycles. The van der Waals surface area contributed by atoms with Crippen molar-refractivity contribution in [1.29, 1.82) is 0 Å². The monoisotopic (exact) mass is 319 g/mol. The van der Waals surface area contributed by atoms with Gasteiger partial charge in [-0.05, 0) is 72.7 Å². The van der Waals surface area contributed by atoms with Gasteiger partial charge in [0, 0.05) is 18.3 Å². The number of ether oxygens (including phenoxy) is 1. The number of aromatic nitrogens is 1. The standard InChI is InChI=1S/C18H29N3O2/c1-13(2)21(17(22)23-18(3,4)5)16-10-9-14(12-19-16)15-8-7-11-20(15)6/h9-10,12-13,15H,7-8,11H2,1-6H3/t15-/m1/s1. The zero-order valence-corrected chi connectivity index (χ0v) is 15.2. The number of rotatable bonds is 3. The third-order valence-electron chi connectivity index (χ3n) is 4.03. The molecule has 0 spiro atoms. The van der Waals surface area contributed by atoms with Crippen molar-refractivity contribution in [1.82, 2.24) is 9.88 Å². The molecule has 2 rings (SSSR count). The van der Waals surface area contributed by atoms with Crippen molar-refractivity contribution in [3.8, 4) is 0 Å². The first-order chi connectivity index (χ1) is 10.7. The Balaban J connectivity index is 2.18. The lowest BCUT2D eigenvalue weighted by molar-refractivity contribution is 0.0569. The van der Waals surface area contributed by atoms with Crippen LogP contribution in [0.15, 0.2) is 18.3 Å². The molecule has 1 fully saturated rings. The van der Waals surface area contributed by atoms with Crippen LogP contribution in [0.4, 0.5) is 10.6 Å². The second-order valence-corrected chi connectivity index (χ2v) is 7.53. The summed E-state index contributed by atoms with van der Waals surface area (Å²) in [4.78, 5) is 20.9. The molecule has 1 amide bonds. The Morgan fingerprint density at radius 1 is 1.39 bits per heavy atom. The van der Waals surface area contributed by atoms with E-state index in [2.05, 4.69) is 23.0 Å². The number of anilines is 1. The van der Waals surface area contributed by atoms with Gasteiger partial charge in [0.1, 0.15) is 11.4 Å². The molecule has 1 atom stereocenters. The van der Waals surface area contributed by atoms with Gasteiger partial charge in [0.25, 0.3) is 0 Å². The summed E-state index contributed by atoms with van der Waals surface area (Å²) in [6.07, 6.45) is 3.92. The fourth-order valence-electron chi connectivity index (χ4n) is 2.95. The van der Waals surface area contributed by atoms with Crippen LogP contribution >= 0.6 is 0 Å². The van der Waals surface area contributed by atoms with Crippen molar-refractivity contribution in [2.75, 3.05) is 18.5 Å². The first-order valence-corrected chi connectivity index (χ1v) is 8.37. The Morgan fingerprint density at radius 2 is 2.09 bits per heavy atom. The molecule has 1 aromatic rings. The summed E-state index contributed by atoms with van der Waals surface area (Å²) in [5, 5.41) is 0. The average molecular weight is 319 g/mol. The minimum absolute atomic E-state index is 0.0163. The van der Waals surface area contributed by atoms with Crippen molar-refractivity contribution < 1.29 is 9.53 Å².